The highest BCUT2D eigenvalue weighted by atomic mass is 19.1. The maximum absolute atomic E-state index is 13.1. The molecule has 388 valence electrons. The molecule has 2 aliphatic rings. The van der Waals surface area contributed by atoms with Crippen LogP contribution in [0.4, 0.5) is 10.2 Å². The standard InChI is InChI=1S/C27H29N7O3.C17H15FN4O2.C10H15N3O/c1-26(2,35)17-37-21-8-22(25-20(10-28)13-32-34(25)14-21)19-5-6-23(30-12-19)33-15-27(29,16-33)9-18-4-7-24(36-3)31-11-18;1-17(2,23)10-24-13-5-14(11-3-4-15(18)20-7-11)16-12(6-19)8-21-22(16)9-13;1-14-9-3-2-8(5-13-9)4-10(11)6-12-7-10/h4-8,11-14,35H,9,15-17,29H2,1-3H3;3-5,7-9,23H,10H2,1-2H3;2-3,5,12H,4,6-7,11H2,1H3. The summed E-state index contributed by atoms with van der Waals surface area (Å²) >= 11 is 0. The number of nitriles is 2. The Bertz CT molecular complexity index is 3310. The fourth-order valence-corrected chi connectivity index (χ4v) is 8.39. The topological polar surface area (TPSA) is 278 Å². The van der Waals surface area contributed by atoms with Crippen molar-refractivity contribution < 1.29 is 33.6 Å². The summed E-state index contributed by atoms with van der Waals surface area (Å²) in [6.45, 7) is 9.96. The zero-order chi connectivity index (χ0) is 53.5. The molecule has 0 aromatic carbocycles. The van der Waals surface area contributed by atoms with Crippen molar-refractivity contribution in [1.82, 2.24) is 44.5 Å². The predicted octanol–water partition coefficient (Wildman–Crippen LogP) is 5.07. The average Bonchev–Trinajstić information content (AvgIpc) is 4.01. The van der Waals surface area contributed by atoms with E-state index in [1.807, 2.05) is 48.7 Å². The molecule has 21 heteroatoms. The molecule has 0 saturated carbocycles. The lowest BCUT2D eigenvalue weighted by Crippen LogP contribution is -2.68. The molecule has 8 aromatic rings. The first-order chi connectivity index (χ1) is 35.7. The number of nitrogens with one attached hydrogen (secondary N) is 1. The molecule has 10 heterocycles. The van der Waals surface area contributed by atoms with Gasteiger partial charge in [0.25, 0.3) is 0 Å². The summed E-state index contributed by atoms with van der Waals surface area (Å²) in [5, 5.41) is 50.4. The van der Waals surface area contributed by atoms with Gasteiger partial charge in [-0.1, -0.05) is 12.1 Å². The van der Waals surface area contributed by atoms with Gasteiger partial charge in [0.05, 0.1) is 77.9 Å². The van der Waals surface area contributed by atoms with Crippen LogP contribution in [0.25, 0.3) is 33.3 Å². The van der Waals surface area contributed by atoms with Gasteiger partial charge in [0.1, 0.15) is 42.7 Å². The first-order valence-electron chi connectivity index (χ1n) is 23.9. The summed E-state index contributed by atoms with van der Waals surface area (Å²) in [6, 6.07) is 22.3. The van der Waals surface area contributed by atoms with Crippen molar-refractivity contribution in [2.75, 3.05) is 58.5 Å². The summed E-state index contributed by atoms with van der Waals surface area (Å²) in [5.74, 6) is 2.47. The molecule has 0 radical (unpaired) electrons. The van der Waals surface area contributed by atoms with E-state index in [9.17, 15) is 25.1 Å². The van der Waals surface area contributed by atoms with E-state index in [2.05, 4.69) is 52.5 Å². The van der Waals surface area contributed by atoms with Crippen molar-refractivity contribution in [2.24, 2.45) is 11.5 Å². The van der Waals surface area contributed by atoms with Crippen molar-refractivity contribution in [3.8, 4) is 57.7 Å². The van der Waals surface area contributed by atoms with E-state index >= 15 is 0 Å². The molecule has 0 bridgehead atoms. The second kappa shape index (κ2) is 22.0. The number of hydrogen-bond donors (Lipinski definition) is 5. The third kappa shape index (κ3) is 13.3. The van der Waals surface area contributed by atoms with Gasteiger partial charge >= 0.3 is 0 Å². The van der Waals surface area contributed by atoms with Gasteiger partial charge in [-0.15, -0.1) is 0 Å². The van der Waals surface area contributed by atoms with Crippen LogP contribution >= 0.6 is 0 Å². The molecule has 7 N–H and O–H groups in total. The van der Waals surface area contributed by atoms with Crippen LogP contribution in [0.15, 0.2) is 110 Å². The fraction of sp³-hybridized carbons (Fsp3) is 0.333. The summed E-state index contributed by atoms with van der Waals surface area (Å²) in [4.78, 5) is 18.9. The number of anilines is 1. The van der Waals surface area contributed by atoms with E-state index in [4.69, 9.17) is 30.4 Å². The largest absolute Gasteiger partial charge is 0.489 e. The van der Waals surface area contributed by atoms with Crippen molar-refractivity contribution in [3.05, 3.63) is 138 Å². The molecule has 0 spiro atoms. The Balaban J connectivity index is 0.000000167. The van der Waals surface area contributed by atoms with E-state index in [1.54, 1.807) is 83.4 Å². The number of rotatable bonds is 15. The van der Waals surface area contributed by atoms with Gasteiger partial charge < -0.3 is 50.8 Å². The summed E-state index contributed by atoms with van der Waals surface area (Å²) in [6.07, 6.45) is 14.7. The first kappa shape index (κ1) is 53.0. The van der Waals surface area contributed by atoms with E-state index < -0.39 is 17.1 Å². The van der Waals surface area contributed by atoms with Gasteiger partial charge in [-0.05, 0) is 88.1 Å². The summed E-state index contributed by atoms with van der Waals surface area (Å²) in [5.41, 5.74) is 17.5. The molecule has 20 nitrogen and oxygen atoms in total. The van der Waals surface area contributed by atoms with Crippen LogP contribution in [0.3, 0.4) is 0 Å². The number of methoxy groups -OCH3 is 2. The maximum atomic E-state index is 13.1. The minimum atomic E-state index is -0.992. The lowest BCUT2D eigenvalue weighted by molar-refractivity contribution is 0.0280. The van der Waals surface area contributed by atoms with Gasteiger partial charge in [0, 0.05) is 90.9 Å². The number of pyridine rings is 6. The highest BCUT2D eigenvalue weighted by Crippen LogP contribution is 2.34. The Hall–Kier alpha value is -8.31. The van der Waals surface area contributed by atoms with Crippen molar-refractivity contribution in [2.45, 2.75) is 62.8 Å². The number of ether oxygens (including phenoxy) is 4. The lowest BCUT2D eigenvalue weighted by atomic mass is 9.85. The Morgan fingerprint density at radius 1 is 0.653 bits per heavy atom. The zero-order valence-corrected chi connectivity index (χ0v) is 42.5. The summed E-state index contributed by atoms with van der Waals surface area (Å²) in [7, 11) is 3.21. The van der Waals surface area contributed by atoms with Crippen LogP contribution in [-0.2, 0) is 12.8 Å². The minimum absolute atomic E-state index is 0.0731. The van der Waals surface area contributed by atoms with Crippen LogP contribution in [0, 0.1) is 28.6 Å². The molecular weight excluding hydrogens is 960 g/mol. The van der Waals surface area contributed by atoms with Crippen LogP contribution in [0.5, 0.6) is 23.3 Å². The molecule has 0 atom stereocenters. The van der Waals surface area contributed by atoms with Crippen LogP contribution in [0.1, 0.15) is 49.9 Å². The van der Waals surface area contributed by atoms with Gasteiger partial charge in [-0.2, -0.15) is 25.1 Å². The monoisotopic (exact) mass is 1020 g/mol. The number of hydrogen-bond acceptors (Lipinski definition) is 18. The Labute approximate surface area is 432 Å². The highest BCUT2D eigenvalue weighted by molar-refractivity contribution is 5.86. The smallest absolute Gasteiger partial charge is 0.212 e. The predicted molar refractivity (Wildman–Crippen MR) is 278 cm³/mol. The fourth-order valence-electron chi connectivity index (χ4n) is 8.39. The van der Waals surface area contributed by atoms with Crippen molar-refractivity contribution in [1.29, 1.82) is 10.5 Å². The van der Waals surface area contributed by atoms with E-state index in [1.165, 1.54) is 29.2 Å². The normalized spacial score (nSPS) is 14.4. The molecule has 10 rings (SSSR count). The van der Waals surface area contributed by atoms with Crippen molar-refractivity contribution >= 4 is 16.9 Å². The number of halogens is 1. The molecule has 2 saturated heterocycles. The van der Waals surface area contributed by atoms with Crippen molar-refractivity contribution in [3.63, 3.8) is 0 Å². The van der Waals surface area contributed by atoms with Gasteiger partial charge in [0.15, 0.2) is 0 Å². The third-order valence-corrected chi connectivity index (χ3v) is 12.1. The Morgan fingerprint density at radius 3 is 1.51 bits per heavy atom. The Morgan fingerprint density at radius 2 is 1.13 bits per heavy atom. The number of aliphatic hydroxyl groups is 2. The number of fused-ring (bicyclic) bond motifs is 2. The average molecular weight is 1020 g/mol. The number of aromatic nitrogens is 8. The first-order valence-corrected chi connectivity index (χ1v) is 23.9. The highest BCUT2D eigenvalue weighted by Gasteiger charge is 2.40. The lowest BCUT2D eigenvalue weighted by Gasteiger charge is -2.48. The summed E-state index contributed by atoms with van der Waals surface area (Å²) < 4.78 is 37.8. The maximum Gasteiger partial charge on any atom is 0.212 e. The molecule has 2 fully saturated rings. The van der Waals surface area contributed by atoms with Crippen LogP contribution < -0.4 is 40.6 Å². The second-order valence-electron chi connectivity index (χ2n) is 20.0. The molecule has 0 unspecified atom stereocenters. The van der Waals surface area contributed by atoms with E-state index in [0.717, 1.165) is 47.6 Å². The second-order valence-corrected chi connectivity index (χ2v) is 20.0. The molecule has 0 amide bonds. The van der Waals surface area contributed by atoms with Crippen LogP contribution in [-0.4, -0.2) is 125 Å². The molecule has 8 aromatic heterocycles. The molecule has 2 aliphatic heterocycles. The SMILES string of the molecule is CC(C)(O)COc1cc(-c2ccc(F)nc2)c2c(C#N)cnn2c1.COc1ccc(CC2(N)CN(c3ccc(-c4cc(OCC(C)(C)O)cn5ncc(C#N)c45)cn3)C2)cn1.COc1ccc(CC2(N)CNC2)cn1. The third-order valence-electron chi connectivity index (χ3n) is 12.1. The van der Waals surface area contributed by atoms with Crippen LogP contribution in [0.2, 0.25) is 0 Å². The van der Waals surface area contributed by atoms with Gasteiger partial charge in [0.2, 0.25) is 17.7 Å². The minimum Gasteiger partial charge on any atom is -0.489 e. The zero-order valence-electron chi connectivity index (χ0n) is 42.5. The quantitative estimate of drug-likeness (QED) is 0.0838. The van der Waals surface area contributed by atoms with Gasteiger partial charge in [-0.3, -0.25) is 0 Å². The molecular formula is C54H59FN14O6. The Kier molecular flexibility index (Phi) is 15.6. The number of nitrogens with two attached hydrogens (primary N) is 2. The van der Waals surface area contributed by atoms with E-state index in [-0.39, 0.29) is 24.3 Å². The number of nitrogens with zero attached hydrogens (tertiary/aromatic N) is 11. The molecule has 0 aliphatic carbocycles. The molecule has 75 heavy (non-hydrogen) atoms. The van der Waals surface area contributed by atoms with Gasteiger partial charge in [-0.25, -0.2) is 29.0 Å². The van der Waals surface area contributed by atoms with E-state index in [0.29, 0.717) is 76.1 Å².